The Kier molecular flexibility index (Phi) is 2.80. The summed E-state index contributed by atoms with van der Waals surface area (Å²) in [6, 6.07) is 1.99. The largest absolute Gasteiger partial charge is 0.417 e. The van der Waals surface area contributed by atoms with Crippen molar-refractivity contribution in [2.75, 3.05) is 0 Å². The number of halogens is 3. The van der Waals surface area contributed by atoms with Crippen LogP contribution in [0.4, 0.5) is 13.2 Å². The van der Waals surface area contributed by atoms with Crippen LogP contribution >= 0.6 is 0 Å². The molecule has 0 fully saturated rings. The highest BCUT2D eigenvalue weighted by Crippen LogP contribution is 2.29. The molecule has 17 heavy (non-hydrogen) atoms. The fraction of sp³-hybridized carbons (Fsp3) is 0.222. The molecule has 2 aromatic heterocycles. The topological polar surface area (TPSA) is 72.0 Å². The molecule has 0 atom stereocenters. The van der Waals surface area contributed by atoms with E-state index < -0.39 is 18.3 Å². The maximum absolute atomic E-state index is 12.3. The highest BCUT2D eigenvalue weighted by Gasteiger charge is 2.30. The van der Waals surface area contributed by atoms with E-state index in [1.54, 1.807) is 0 Å². The number of aliphatic hydroxyl groups is 1. The third-order valence-electron chi connectivity index (χ3n) is 1.92. The van der Waals surface area contributed by atoms with E-state index in [2.05, 4.69) is 15.1 Å². The quantitative estimate of drug-likeness (QED) is 0.870. The molecule has 0 radical (unpaired) electrons. The monoisotopic (exact) mass is 245 g/mol. The van der Waals surface area contributed by atoms with Crippen LogP contribution in [0, 0.1) is 0 Å². The summed E-state index contributed by atoms with van der Waals surface area (Å²) < 4.78 is 41.5. The van der Waals surface area contributed by atoms with Crippen LogP contribution in [0.1, 0.15) is 11.4 Å². The van der Waals surface area contributed by atoms with Crippen LogP contribution < -0.4 is 0 Å². The van der Waals surface area contributed by atoms with Gasteiger partial charge in [0.25, 0.3) is 5.89 Å². The first kappa shape index (κ1) is 11.5. The molecule has 0 aromatic carbocycles. The summed E-state index contributed by atoms with van der Waals surface area (Å²) in [5.74, 6) is 0.00414. The van der Waals surface area contributed by atoms with Crippen molar-refractivity contribution in [2.24, 2.45) is 0 Å². The van der Waals surface area contributed by atoms with E-state index in [1.165, 1.54) is 0 Å². The molecular formula is C9H6F3N3O2. The summed E-state index contributed by atoms with van der Waals surface area (Å²) in [5.41, 5.74) is -0.742. The average Bonchev–Trinajstić information content (AvgIpc) is 2.76. The van der Waals surface area contributed by atoms with Crippen molar-refractivity contribution >= 4 is 0 Å². The first-order valence-corrected chi connectivity index (χ1v) is 4.48. The molecule has 0 saturated carbocycles. The molecule has 0 aliphatic carbocycles. The van der Waals surface area contributed by atoms with E-state index in [9.17, 15) is 13.2 Å². The number of rotatable bonds is 2. The Morgan fingerprint density at radius 3 is 2.53 bits per heavy atom. The molecule has 0 saturated heterocycles. The van der Waals surface area contributed by atoms with Gasteiger partial charge in [-0.25, -0.2) is 0 Å². The minimum atomic E-state index is -4.43. The van der Waals surface area contributed by atoms with Gasteiger partial charge in [-0.1, -0.05) is 5.16 Å². The lowest BCUT2D eigenvalue weighted by Crippen LogP contribution is -2.05. The van der Waals surface area contributed by atoms with Crippen LogP contribution in [0.2, 0.25) is 0 Å². The zero-order valence-electron chi connectivity index (χ0n) is 8.27. The Bertz CT molecular complexity index is 507. The smallest absolute Gasteiger partial charge is 0.388 e. The van der Waals surface area contributed by atoms with Gasteiger partial charge in [0.2, 0.25) is 0 Å². The normalized spacial score (nSPS) is 11.8. The van der Waals surface area contributed by atoms with Crippen LogP contribution in [0.3, 0.4) is 0 Å². The fourth-order valence-corrected chi connectivity index (χ4v) is 1.11. The number of aromatic nitrogens is 3. The fourth-order valence-electron chi connectivity index (χ4n) is 1.11. The van der Waals surface area contributed by atoms with Crippen molar-refractivity contribution in [3.8, 4) is 11.6 Å². The second kappa shape index (κ2) is 4.13. The first-order valence-electron chi connectivity index (χ1n) is 4.48. The summed E-state index contributed by atoms with van der Waals surface area (Å²) >= 11 is 0. The van der Waals surface area contributed by atoms with E-state index in [1.807, 2.05) is 0 Å². The Morgan fingerprint density at radius 2 is 2.06 bits per heavy atom. The lowest BCUT2D eigenvalue weighted by atomic mass is 10.2. The molecule has 2 heterocycles. The van der Waals surface area contributed by atoms with Gasteiger partial charge in [-0.05, 0) is 12.1 Å². The molecule has 0 spiro atoms. The lowest BCUT2D eigenvalue weighted by molar-refractivity contribution is -0.137. The number of hydrogen-bond acceptors (Lipinski definition) is 5. The lowest BCUT2D eigenvalue weighted by Gasteiger charge is -2.04. The highest BCUT2D eigenvalue weighted by atomic mass is 19.4. The molecule has 1 N–H and O–H groups in total. The predicted molar refractivity (Wildman–Crippen MR) is 48.5 cm³/mol. The molecule has 2 aromatic rings. The zero-order valence-corrected chi connectivity index (χ0v) is 8.27. The van der Waals surface area contributed by atoms with Crippen LogP contribution in [-0.4, -0.2) is 20.2 Å². The number of nitrogens with zero attached hydrogens (tertiary/aromatic N) is 3. The second-order valence-electron chi connectivity index (χ2n) is 3.10. The molecule has 0 aliphatic rings. The van der Waals surface area contributed by atoms with Gasteiger partial charge in [0.05, 0.1) is 5.56 Å². The zero-order chi connectivity index (χ0) is 12.5. The number of pyridine rings is 1. The third kappa shape index (κ3) is 2.41. The van der Waals surface area contributed by atoms with E-state index in [4.69, 9.17) is 9.63 Å². The van der Waals surface area contributed by atoms with Crippen LogP contribution in [0.25, 0.3) is 11.6 Å². The Morgan fingerprint density at radius 1 is 1.29 bits per heavy atom. The van der Waals surface area contributed by atoms with Crippen molar-refractivity contribution in [1.29, 1.82) is 0 Å². The average molecular weight is 245 g/mol. The molecule has 90 valence electrons. The van der Waals surface area contributed by atoms with Crippen molar-refractivity contribution < 1.29 is 22.8 Å². The van der Waals surface area contributed by atoms with Gasteiger partial charge >= 0.3 is 6.18 Å². The summed E-state index contributed by atoms with van der Waals surface area (Å²) in [5, 5.41) is 12.1. The Labute approximate surface area is 92.9 Å². The van der Waals surface area contributed by atoms with Crippen molar-refractivity contribution in [3.05, 3.63) is 29.7 Å². The molecule has 0 unspecified atom stereocenters. The first-order chi connectivity index (χ1) is 8.00. The van der Waals surface area contributed by atoms with Crippen LogP contribution in [0.5, 0.6) is 0 Å². The van der Waals surface area contributed by atoms with Crippen LogP contribution in [0.15, 0.2) is 22.9 Å². The molecule has 5 nitrogen and oxygen atoms in total. The number of aliphatic hydroxyl groups excluding tert-OH is 1. The highest BCUT2D eigenvalue weighted by molar-refractivity contribution is 5.46. The molecular weight excluding hydrogens is 239 g/mol. The number of alkyl halides is 3. The van der Waals surface area contributed by atoms with Crippen molar-refractivity contribution in [2.45, 2.75) is 12.8 Å². The third-order valence-corrected chi connectivity index (χ3v) is 1.92. The Balaban J connectivity index is 2.29. The number of hydrogen-bond donors (Lipinski definition) is 1. The maximum Gasteiger partial charge on any atom is 0.417 e. The van der Waals surface area contributed by atoms with Crippen molar-refractivity contribution in [1.82, 2.24) is 15.1 Å². The van der Waals surface area contributed by atoms with Crippen molar-refractivity contribution in [3.63, 3.8) is 0 Å². The van der Waals surface area contributed by atoms with Gasteiger partial charge in [0.15, 0.2) is 5.82 Å². The van der Waals surface area contributed by atoms with E-state index in [-0.39, 0.29) is 17.4 Å². The predicted octanol–water partition coefficient (Wildman–Crippen LogP) is 1.64. The van der Waals surface area contributed by atoms with E-state index in [0.29, 0.717) is 6.20 Å². The summed E-state index contributed by atoms with van der Waals surface area (Å²) in [6.45, 7) is -0.413. The Hall–Kier alpha value is -1.96. The van der Waals surface area contributed by atoms with Gasteiger partial charge < -0.3 is 9.63 Å². The molecule has 2 rings (SSSR count). The molecule has 0 bridgehead atoms. The van der Waals surface area contributed by atoms with Gasteiger partial charge in [0, 0.05) is 6.20 Å². The minimum absolute atomic E-state index is 0.0391. The van der Waals surface area contributed by atoms with Gasteiger partial charge in [0.1, 0.15) is 12.3 Å². The van der Waals surface area contributed by atoms with Gasteiger partial charge in [-0.15, -0.1) is 0 Å². The second-order valence-corrected chi connectivity index (χ2v) is 3.10. The van der Waals surface area contributed by atoms with Crippen LogP contribution in [-0.2, 0) is 12.8 Å². The summed E-state index contributed by atoms with van der Waals surface area (Å²) in [6.07, 6.45) is -3.76. The van der Waals surface area contributed by atoms with E-state index >= 15 is 0 Å². The molecule has 8 heteroatoms. The van der Waals surface area contributed by atoms with Gasteiger partial charge in [-0.3, -0.25) is 4.98 Å². The standard InChI is InChI=1S/C9H6F3N3O2/c10-9(11,12)5-1-2-6(13-3-5)8-14-7(4-16)15-17-8/h1-3,16H,4H2. The summed E-state index contributed by atoms with van der Waals surface area (Å²) in [7, 11) is 0. The SMILES string of the molecule is OCc1noc(-c2ccc(C(F)(F)F)cn2)n1. The van der Waals surface area contributed by atoms with E-state index in [0.717, 1.165) is 12.1 Å². The minimum Gasteiger partial charge on any atom is -0.388 e. The van der Waals surface area contributed by atoms with Gasteiger partial charge in [-0.2, -0.15) is 18.2 Å². The molecule has 0 amide bonds. The summed E-state index contributed by atoms with van der Waals surface area (Å²) in [4.78, 5) is 7.28. The maximum atomic E-state index is 12.3. The molecule has 0 aliphatic heterocycles.